The highest BCUT2D eigenvalue weighted by molar-refractivity contribution is 5.89. The van der Waals surface area contributed by atoms with Gasteiger partial charge in [0, 0.05) is 17.7 Å². The van der Waals surface area contributed by atoms with Crippen LogP contribution >= 0.6 is 0 Å². The van der Waals surface area contributed by atoms with Crippen molar-refractivity contribution in [3.63, 3.8) is 0 Å². The zero-order chi connectivity index (χ0) is 18.0. The SMILES string of the molecule is CC(N)(Cc1ccccc1)c1ccccc1.O=C(O)/C=C\C(=O)O. The van der Waals surface area contributed by atoms with Crippen LogP contribution in [0.2, 0.25) is 0 Å². The van der Waals surface area contributed by atoms with Crippen LogP contribution in [-0.4, -0.2) is 22.2 Å². The normalized spacial score (nSPS) is 12.8. The van der Waals surface area contributed by atoms with Crippen molar-refractivity contribution in [3.05, 3.63) is 83.9 Å². The van der Waals surface area contributed by atoms with Crippen LogP contribution in [0.25, 0.3) is 0 Å². The first-order valence-corrected chi connectivity index (χ1v) is 7.33. The molecule has 0 aromatic heterocycles. The molecule has 2 rings (SSSR count). The molecule has 1 unspecified atom stereocenters. The van der Waals surface area contributed by atoms with E-state index in [1.807, 2.05) is 24.3 Å². The molecule has 0 heterocycles. The molecule has 2 aromatic rings. The number of carboxylic acid groups (broad SMARTS) is 2. The molecule has 0 saturated carbocycles. The Morgan fingerprint density at radius 3 is 1.75 bits per heavy atom. The highest BCUT2D eigenvalue weighted by Crippen LogP contribution is 2.22. The summed E-state index contributed by atoms with van der Waals surface area (Å²) in [6.45, 7) is 2.08. The monoisotopic (exact) mass is 327 g/mol. The Bertz CT molecular complexity index is 663. The van der Waals surface area contributed by atoms with E-state index in [1.165, 1.54) is 11.1 Å². The number of aliphatic carboxylic acids is 2. The molecular weight excluding hydrogens is 306 g/mol. The van der Waals surface area contributed by atoms with Crippen LogP contribution in [0, 0.1) is 0 Å². The lowest BCUT2D eigenvalue weighted by Gasteiger charge is -2.25. The van der Waals surface area contributed by atoms with Gasteiger partial charge < -0.3 is 15.9 Å². The molecule has 0 aliphatic heterocycles. The van der Waals surface area contributed by atoms with Crippen LogP contribution in [-0.2, 0) is 21.5 Å². The first kappa shape index (κ1) is 19.1. The number of benzene rings is 2. The highest BCUT2D eigenvalue weighted by Gasteiger charge is 2.20. The average Bonchev–Trinajstić information content (AvgIpc) is 2.55. The summed E-state index contributed by atoms with van der Waals surface area (Å²) < 4.78 is 0. The third-order valence-electron chi connectivity index (χ3n) is 3.22. The summed E-state index contributed by atoms with van der Waals surface area (Å²) in [6.07, 6.45) is 1.97. The Kier molecular flexibility index (Phi) is 7.39. The average molecular weight is 327 g/mol. The van der Waals surface area contributed by atoms with Crippen molar-refractivity contribution in [3.8, 4) is 0 Å². The largest absolute Gasteiger partial charge is 0.478 e. The maximum Gasteiger partial charge on any atom is 0.328 e. The molecule has 126 valence electrons. The fourth-order valence-electron chi connectivity index (χ4n) is 2.08. The summed E-state index contributed by atoms with van der Waals surface area (Å²) in [6, 6.07) is 20.6. The van der Waals surface area contributed by atoms with Gasteiger partial charge in [0.05, 0.1) is 0 Å². The van der Waals surface area contributed by atoms with Gasteiger partial charge in [-0.1, -0.05) is 60.7 Å². The van der Waals surface area contributed by atoms with Crippen molar-refractivity contribution in [2.24, 2.45) is 5.73 Å². The maximum atomic E-state index is 9.55. The van der Waals surface area contributed by atoms with Crippen molar-refractivity contribution in [1.29, 1.82) is 0 Å². The minimum absolute atomic E-state index is 0.303. The maximum absolute atomic E-state index is 9.55. The zero-order valence-electron chi connectivity index (χ0n) is 13.4. The smallest absolute Gasteiger partial charge is 0.328 e. The standard InChI is InChI=1S/C15H17N.C4H4O4/c1-15(16,14-10-6-3-7-11-14)12-13-8-4-2-5-9-13;5-3(6)1-2-4(7)8/h2-11H,12,16H2,1H3;1-2H,(H,5,6)(H,7,8)/b;2-1-. The first-order chi connectivity index (χ1) is 11.3. The molecule has 5 nitrogen and oxygen atoms in total. The predicted octanol–water partition coefficient (Wildman–Crippen LogP) is 2.82. The number of nitrogens with two attached hydrogens (primary N) is 1. The lowest BCUT2D eigenvalue weighted by molar-refractivity contribution is -0.134. The molecule has 0 saturated heterocycles. The summed E-state index contributed by atoms with van der Waals surface area (Å²) in [7, 11) is 0. The van der Waals surface area contributed by atoms with E-state index in [-0.39, 0.29) is 5.54 Å². The zero-order valence-corrected chi connectivity index (χ0v) is 13.4. The van der Waals surface area contributed by atoms with Gasteiger partial charge in [0.1, 0.15) is 0 Å². The van der Waals surface area contributed by atoms with Crippen LogP contribution < -0.4 is 5.73 Å². The number of hydrogen-bond acceptors (Lipinski definition) is 3. The Morgan fingerprint density at radius 2 is 1.33 bits per heavy atom. The van der Waals surface area contributed by atoms with Crippen molar-refractivity contribution in [2.75, 3.05) is 0 Å². The molecule has 0 bridgehead atoms. The minimum Gasteiger partial charge on any atom is -0.478 e. The molecule has 0 fully saturated rings. The second-order valence-corrected chi connectivity index (χ2v) is 5.46. The highest BCUT2D eigenvalue weighted by atomic mass is 16.4. The van der Waals surface area contributed by atoms with E-state index in [1.54, 1.807) is 0 Å². The number of carboxylic acids is 2. The van der Waals surface area contributed by atoms with E-state index >= 15 is 0 Å². The summed E-state index contributed by atoms with van der Waals surface area (Å²) in [4.78, 5) is 19.1. The molecule has 4 N–H and O–H groups in total. The van der Waals surface area contributed by atoms with E-state index in [0.29, 0.717) is 12.2 Å². The first-order valence-electron chi connectivity index (χ1n) is 7.33. The van der Waals surface area contributed by atoms with E-state index in [0.717, 1.165) is 6.42 Å². The minimum atomic E-state index is -1.26. The van der Waals surface area contributed by atoms with Crippen molar-refractivity contribution < 1.29 is 19.8 Å². The number of rotatable bonds is 5. The fraction of sp³-hybridized carbons (Fsp3) is 0.158. The van der Waals surface area contributed by atoms with Crippen LogP contribution in [0.3, 0.4) is 0 Å². The lowest BCUT2D eigenvalue weighted by atomic mass is 9.87. The molecule has 0 radical (unpaired) electrons. The Balaban J connectivity index is 0.000000307. The molecule has 0 spiro atoms. The number of hydrogen-bond donors (Lipinski definition) is 3. The summed E-state index contributed by atoms with van der Waals surface area (Å²) in [5, 5.41) is 15.6. The van der Waals surface area contributed by atoms with Gasteiger partial charge in [-0.3, -0.25) is 0 Å². The van der Waals surface area contributed by atoms with Gasteiger partial charge in [-0.15, -0.1) is 0 Å². The van der Waals surface area contributed by atoms with E-state index in [9.17, 15) is 9.59 Å². The van der Waals surface area contributed by atoms with E-state index in [2.05, 4.69) is 43.3 Å². The van der Waals surface area contributed by atoms with Crippen LogP contribution in [0.4, 0.5) is 0 Å². The molecule has 0 aliphatic carbocycles. The third kappa shape index (κ3) is 7.38. The quantitative estimate of drug-likeness (QED) is 0.733. The van der Waals surface area contributed by atoms with Crippen LogP contribution in [0.15, 0.2) is 72.8 Å². The summed E-state index contributed by atoms with van der Waals surface area (Å²) in [5.74, 6) is -2.51. The van der Waals surface area contributed by atoms with Gasteiger partial charge in [0.15, 0.2) is 0 Å². The summed E-state index contributed by atoms with van der Waals surface area (Å²) in [5.41, 5.74) is 8.52. The van der Waals surface area contributed by atoms with Gasteiger partial charge in [-0.05, 0) is 24.5 Å². The Morgan fingerprint density at radius 1 is 0.917 bits per heavy atom. The molecule has 1 atom stereocenters. The van der Waals surface area contributed by atoms with Gasteiger partial charge in [-0.25, -0.2) is 9.59 Å². The Hall–Kier alpha value is -2.92. The van der Waals surface area contributed by atoms with Gasteiger partial charge in [0.25, 0.3) is 0 Å². The van der Waals surface area contributed by atoms with Gasteiger partial charge in [-0.2, -0.15) is 0 Å². The molecule has 2 aromatic carbocycles. The third-order valence-corrected chi connectivity index (χ3v) is 3.22. The van der Waals surface area contributed by atoms with Crippen molar-refractivity contribution in [1.82, 2.24) is 0 Å². The fourth-order valence-corrected chi connectivity index (χ4v) is 2.08. The predicted molar refractivity (Wildman–Crippen MR) is 92.5 cm³/mol. The molecule has 0 aliphatic rings. The second-order valence-electron chi connectivity index (χ2n) is 5.46. The number of carbonyl (C=O) groups is 2. The Labute approximate surface area is 141 Å². The molecule has 24 heavy (non-hydrogen) atoms. The van der Waals surface area contributed by atoms with Gasteiger partial charge >= 0.3 is 11.9 Å². The topological polar surface area (TPSA) is 101 Å². The van der Waals surface area contributed by atoms with Crippen molar-refractivity contribution >= 4 is 11.9 Å². The van der Waals surface area contributed by atoms with Gasteiger partial charge in [0.2, 0.25) is 0 Å². The van der Waals surface area contributed by atoms with E-state index in [4.69, 9.17) is 15.9 Å². The molecule has 0 amide bonds. The molecular formula is C19H21NO4. The summed E-state index contributed by atoms with van der Waals surface area (Å²) >= 11 is 0. The van der Waals surface area contributed by atoms with Crippen LogP contribution in [0.5, 0.6) is 0 Å². The van der Waals surface area contributed by atoms with Crippen molar-refractivity contribution in [2.45, 2.75) is 18.9 Å². The van der Waals surface area contributed by atoms with E-state index < -0.39 is 11.9 Å². The second kappa shape index (κ2) is 9.27. The lowest BCUT2D eigenvalue weighted by Crippen LogP contribution is -2.35. The molecule has 5 heteroatoms. The van der Waals surface area contributed by atoms with Crippen LogP contribution in [0.1, 0.15) is 18.1 Å².